The van der Waals surface area contributed by atoms with Gasteiger partial charge < -0.3 is 29.7 Å². The summed E-state index contributed by atoms with van der Waals surface area (Å²) in [6.45, 7) is 10.8. The van der Waals surface area contributed by atoms with Crippen LogP contribution in [0.3, 0.4) is 0 Å². The zero-order valence-electron chi connectivity index (χ0n) is 32.9. The van der Waals surface area contributed by atoms with Gasteiger partial charge in [-0.2, -0.15) is 0 Å². The molecule has 2 aromatic carbocycles. The highest BCUT2D eigenvalue weighted by molar-refractivity contribution is 7.16. The zero-order chi connectivity index (χ0) is 40.5. The lowest BCUT2D eigenvalue weighted by atomic mass is 9.91. The molecule has 0 saturated carbocycles. The molecule has 302 valence electrons. The van der Waals surface area contributed by atoms with Crippen LogP contribution in [0.1, 0.15) is 61.7 Å². The summed E-state index contributed by atoms with van der Waals surface area (Å²) >= 11 is 3.18. The number of likely N-dealkylation sites (tertiary alicyclic amines) is 2. The molecular weight excluding hydrogens is 775 g/mol. The van der Waals surface area contributed by atoms with E-state index in [1.165, 1.54) is 10.5 Å². The molecule has 1 unspecified atom stereocenters. The van der Waals surface area contributed by atoms with Gasteiger partial charge in [-0.3, -0.25) is 14.5 Å². The van der Waals surface area contributed by atoms with Gasteiger partial charge in [0.15, 0.2) is 5.76 Å². The first kappa shape index (κ1) is 39.6. The number of aromatic nitrogens is 4. The van der Waals surface area contributed by atoms with Crippen LogP contribution in [-0.2, 0) is 16.0 Å². The summed E-state index contributed by atoms with van der Waals surface area (Å²) in [5.74, 6) is -0.136. The average molecular weight is 822 g/mol. The standard InChI is InChI=1S/C43H47N7O6S2/c1-24(2)39(43(54)50-21-31(51)16-35(50)41(53)45-25(3)28-9-11-29(12-10-28)40-26(4)44-23-58-40)37-18-38(48-56-37)55-14-13-49-19-27(20-49)15-30-22-57-42-33(30)17-34(46-47-42)32-7-5-6-8-36(32)52/h5-12,17-18,22-25,27,31,35,39,51-52H,13-16,19-21H2,1-4H3,(H,45,53)/t25-,31+,35?,39+/m0/s1. The van der Waals surface area contributed by atoms with E-state index in [-0.39, 0.29) is 42.5 Å². The van der Waals surface area contributed by atoms with E-state index in [0.29, 0.717) is 35.4 Å². The molecule has 2 fully saturated rings. The number of para-hydroxylation sites is 1. The summed E-state index contributed by atoms with van der Waals surface area (Å²) < 4.78 is 11.7. The van der Waals surface area contributed by atoms with Crippen LogP contribution in [-0.4, -0.2) is 97.1 Å². The van der Waals surface area contributed by atoms with Crippen molar-refractivity contribution in [2.45, 2.75) is 64.6 Å². The molecule has 0 aliphatic carbocycles. The predicted molar refractivity (Wildman–Crippen MR) is 223 cm³/mol. The van der Waals surface area contributed by atoms with Gasteiger partial charge in [-0.25, -0.2) is 4.98 Å². The fourth-order valence-corrected chi connectivity index (χ4v) is 9.74. The van der Waals surface area contributed by atoms with Crippen molar-refractivity contribution < 1.29 is 29.1 Å². The van der Waals surface area contributed by atoms with E-state index >= 15 is 0 Å². The zero-order valence-corrected chi connectivity index (χ0v) is 34.5. The second-order valence-corrected chi connectivity index (χ2v) is 17.4. The molecule has 2 aliphatic rings. The Morgan fingerprint density at radius 1 is 1.03 bits per heavy atom. The normalized spacial score (nSPS) is 18.4. The second kappa shape index (κ2) is 16.9. The van der Waals surface area contributed by atoms with Crippen molar-refractivity contribution in [3.63, 3.8) is 0 Å². The van der Waals surface area contributed by atoms with Crippen LogP contribution in [0.5, 0.6) is 11.6 Å². The monoisotopic (exact) mass is 821 g/mol. The van der Waals surface area contributed by atoms with Gasteiger partial charge in [-0.05, 0) is 77.5 Å². The molecule has 2 amide bonds. The van der Waals surface area contributed by atoms with Crippen molar-refractivity contribution >= 4 is 44.7 Å². The number of β-amino-alcohol motifs (C(OH)–C–C–N with tert-alkyl or cyclic N) is 1. The third-order valence-electron chi connectivity index (χ3n) is 11.2. The largest absolute Gasteiger partial charge is 0.507 e. The van der Waals surface area contributed by atoms with Crippen LogP contribution < -0.4 is 10.1 Å². The van der Waals surface area contributed by atoms with Gasteiger partial charge in [0.05, 0.1) is 33.9 Å². The molecule has 15 heteroatoms. The van der Waals surface area contributed by atoms with Crippen LogP contribution in [0, 0.1) is 18.8 Å². The number of aromatic hydroxyl groups is 1. The molecule has 58 heavy (non-hydrogen) atoms. The molecule has 8 rings (SSSR count). The number of phenolic OH excluding ortho intramolecular Hbond substituents is 1. The number of hydrogen-bond donors (Lipinski definition) is 3. The number of aliphatic hydroxyl groups is 1. The van der Waals surface area contributed by atoms with Crippen LogP contribution in [0.2, 0.25) is 0 Å². The SMILES string of the molecule is Cc1ncsc1-c1ccc([C@H](C)NC(=O)C2C[C@@H](O)CN2C(=O)[C@@H](c2cc(OCCN3CC(Cc4csc5nnc(-c6ccccc6O)cc45)C3)no2)C(C)C)cc1. The first-order valence-corrected chi connectivity index (χ1v) is 21.4. The smallest absolute Gasteiger partial charge is 0.254 e. The minimum Gasteiger partial charge on any atom is -0.507 e. The Morgan fingerprint density at radius 2 is 1.83 bits per heavy atom. The topological polar surface area (TPSA) is 167 Å². The number of nitrogens with zero attached hydrogens (tertiary/aromatic N) is 6. The van der Waals surface area contributed by atoms with Crippen molar-refractivity contribution in [1.29, 1.82) is 0 Å². The quantitative estimate of drug-likeness (QED) is 0.108. The van der Waals surface area contributed by atoms with E-state index in [1.807, 2.05) is 75.7 Å². The number of aliphatic hydroxyl groups excluding tert-OH is 1. The van der Waals surface area contributed by atoms with E-state index in [1.54, 1.807) is 40.9 Å². The number of carbonyl (C=O) groups excluding carboxylic acids is 2. The summed E-state index contributed by atoms with van der Waals surface area (Å²) in [5, 5.41) is 40.2. The molecule has 0 radical (unpaired) electrons. The maximum Gasteiger partial charge on any atom is 0.254 e. The van der Waals surface area contributed by atoms with Crippen molar-refractivity contribution in [3.8, 4) is 33.3 Å². The molecule has 6 aromatic rings. The van der Waals surface area contributed by atoms with Crippen molar-refractivity contribution in [1.82, 2.24) is 35.5 Å². The van der Waals surface area contributed by atoms with E-state index < -0.39 is 18.1 Å². The fraction of sp³-hybridized carbons (Fsp3) is 0.395. The van der Waals surface area contributed by atoms with Gasteiger partial charge in [0, 0.05) is 49.6 Å². The summed E-state index contributed by atoms with van der Waals surface area (Å²) in [6, 6.07) is 17.8. The minimum atomic E-state index is -0.822. The summed E-state index contributed by atoms with van der Waals surface area (Å²) in [5.41, 5.74) is 7.38. The van der Waals surface area contributed by atoms with Crippen molar-refractivity contribution in [2.24, 2.45) is 11.8 Å². The fourth-order valence-electron chi connectivity index (χ4n) is 8.05. The van der Waals surface area contributed by atoms with Crippen molar-refractivity contribution in [2.75, 3.05) is 32.8 Å². The lowest BCUT2D eigenvalue weighted by molar-refractivity contribution is -0.141. The van der Waals surface area contributed by atoms with Gasteiger partial charge in [-0.15, -0.1) is 32.9 Å². The number of ether oxygens (including phenoxy) is 1. The van der Waals surface area contributed by atoms with Gasteiger partial charge in [0.25, 0.3) is 5.88 Å². The minimum absolute atomic E-state index is 0.0573. The number of carbonyl (C=O) groups is 2. The van der Waals surface area contributed by atoms with Crippen LogP contribution in [0.15, 0.2) is 76.1 Å². The first-order valence-electron chi connectivity index (χ1n) is 19.7. The molecule has 0 spiro atoms. The Balaban J connectivity index is 0.829. The number of thiazole rings is 1. The number of phenols is 1. The molecule has 2 aliphatic heterocycles. The number of rotatable bonds is 14. The maximum atomic E-state index is 14.1. The van der Waals surface area contributed by atoms with E-state index in [4.69, 9.17) is 9.26 Å². The molecule has 0 bridgehead atoms. The Bertz CT molecular complexity index is 2390. The van der Waals surface area contributed by atoms with Gasteiger partial charge >= 0.3 is 0 Å². The van der Waals surface area contributed by atoms with Crippen LogP contribution in [0.25, 0.3) is 31.9 Å². The number of aryl methyl sites for hydroxylation is 1. The second-order valence-electron chi connectivity index (χ2n) is 15.7. The molecule has 3 N–H and O–H groups in total. The molecule has 4 aromatic heterocycles. The average Bonchev–Trinajstić information content (AvgIpc) is 4.01. The number of amides is 2. The highest BCUT2D eigenvalue weighted by Crippen LogP contribution is 2.35. The third kappa shape index (κ3) is 8.35. The Hall–Kier alpha value is -5.22. The first-order chi connectivity index (χ1) is 28.0. The van der Waals surface area contributed by atoms with Gasteiger partial charge in [0.1, 0.15) is 29.1 Å². The number of benzene rings is 2. The van der Waals surface area contributed by atoms with Gasteiger partial charge in [-0.1, -0.05) is 50.2 Å². The summed E-state index contributed by atoms with van der Waals surface area (Å²) in [4.78, 5) is 37.9. The van der Waals surface area contributed by atoms with Crippen molar-refractivity contribution in [3.05, 3.63) is 94.1 Å². The lowest BCUT2D eigenvalue weighted by Gasteiger charge is -2.39. The van der Waals surface area contributed by atoms with Gasteiger partial charge in [0.2, 0.25) is 11.8 Å². The highest BCUT2D eigenvalue weighted by Gasteiger charge is 2.43. The lowest BCUT2D eigenvalue weighted by Crippen LogP contribution is -2.49. The Labute approximate surface area is 344 Å². The Morgan fingerprint density at radius 3 is 2.57 bits per heavy atom. The highest BCUT2D eigenvalue weighted by atomic mass is 32.1. The predicted octanol–water partition coefficient (Wildman–Crippen LogP) is 6.62. The molecule has 13 nitrogen and oxygen atoms in total. The van der Waals surface area contributed by atoms with Crippen LogP contribution in [0.4, 0.5) is 0 Å². The van der Waals surface area contributed by atoms with Crippen LogP contribution >= 0.6 is 22.7 Å². The number of hydrogen-bond acceptors (Lipinski definition) is 13. The number of nitrogens with one attached hydrogen (secondary N) is 1. The molecule has 2 saturated heterocycles. The summed E-state index contributed by atoms with van der Waals surface area (Å²) in [7, 11) is 0. The Kier molecular flexibility index (Phi) is 11.6. The third-order valence-corrected chi connectivity index (χ3v) is 13.1. The van der Waals surface area contributed by atoms with E-state index in [0.717, 1.165) is 58.0 Å². The number of fused-ring (bicyclic) bond motifs is 1. The summed E-state index contributed by atoms with van der Waals surface area (Å²) in [6.07, 6.45) is 0.263. The molecule has 4 atom stereocenters. The maximum absolute atomic E-state index is 14.1. The molecular formula is C43H47N7O6S2. The number of thiophene rings is 1. The van der Waals surface area contributed by atoms with E-state index in [9.17, 15) is 19.8 Å². The molecule has 6 heterocycles. The van der Waals surface area contributed by atoms with E-state index in [2.05, 4.69) is 35.9 Å².